The zero-order valence-electron chi connectivity index (χ0n) is 10.7. The number of benzene rings is 1. The number of carbonyl (C=O) groups excluding carboxylic acids is 1. The second-order valence-electron chi connectivity index (χ2n) is 4.19. The molecule has 0 aliphatic carbocycles. The fourth-order valence-corrected chi connectivity index (χ4v) is 1.81. The van der Waals surface area contributed by atoms with Crippen molar-refractivity contribution in [1.29, 1.82) is 0 Å². The SMILES string of the molecule is C=CCN(CCO)C(=O)C(C)c1cccc(N)c1. The zero-order valence-corrected chi connectivity index (χ0v) is 10.7. The molecule has 18 heavy (non-hydrogen) atoms. The third-order valence-electron chi connectivity index (χ3n) is 2.81. The van der Waals surface area contributed by atoms with E-state index in [1.165, 1.54) is 0 Å². The van der Waals surface area contributed by atoms with E-state index in [4.69, 9.17) is 10.8 Å². The molecular formula is C14H20N2O2. The monoisotopic (exact) mass is 248 g/mol. The highest BCUT2D eigenvalue weighted by molar-refractivity contribution is 5.83. The van der Waals surface area contributed by atoms with Crippen LogP contribution in [0.1, 0.15) is 18.4 Å². The van der Waals surface area contributed by atoms with Gasteiger partial charge in [0.15, 0.2) is 0 Å². The molecule has 4 nitrogen and oxygen atoms in total. The molecule has 0 heterocycles. The van der Waals surface area contributed by atoms with Crippen molar-refractivity contribution in [3.05, 3.63) is 42.5 Å². The van der Waals surface area contributed by atoms with E-state index in [0.717, 1.165) is 5.56 Å². The van der Waals surface area contributed by atoms with Crippen molar-refractivity contribution in [3.63, 3.8) is 0 Å². The van der Waals surface area contributed by atoms with Gasteiger partial charge in [0.2, 0.25) is 5.91 Å². The maximum Gasteiger partial charge on any atom is 0.230 e. The smallest absolute Gasteiger partial charge is 0.230 e. The number of nitrogens with two attached hydrogens (primary N) is 1. The van der Waals surface area contributed by atoms with Crippen LogP contribution in [-0.4, -0.2) is 35.6 Å². The summed E-state index contributed by atoms with van der Waals surface area (Å²) in [6, 6.07) is 7.30. The largest absolute Gasteiger partial charge is 0.399 e. The van der Waals surface area contributed by atoms with Crippen molar-refractivity contribution < 1.29 is 9.90 Å². The first-order valence-corrected chi connectivity index (χ1v) is 5.96. The van der Waals surface area contributed by atoms with E-state index in [0.29, 0.717) is 18.8 Å². The van der Waals surface area contributed by atoms with Crippen LogP contribution >= 0.6 is 0 Å². The summed E-state index contributed by atoms with van der Waals surface area (Å²) in [5.41, 5.74) is 7.23. The summed E-state index contributed by atoms with van der Waals surface area (Å²) < 4.78 is 0. The molecule has 1 aromatic carbocycles. The molecule has 98 valence electrons. The molecule has 0 spiro atoms. The van der Waals surface area contributed by atoms with E-state index in [1.54, 1.807) is 23.1 Å². The third-order valence-corrected chi connectivity index (χ3v) is 2.81. The summed E-state index contributed by atoms with van der Waals surface area (Å²) >= 11 is 0. The van der Waals surface area contributed by atoms with Gasteiger partial charge in [-0.25, -0.2) is 0 Å². The predicted octanol–water partition coefficient (Wildman–Crippen LogP) is 1.38. The van der Waals surface area contributed by atoms with Gasteiger partial charge >= 0.3 is 0 Å². The summed E-state index contributed by atoms with van der Waals surface area (Å²) in [6.45, 7) is 6.15. The second kappa shape index (κ2) is 6.81. The van der Waals surface area contributed by atoms with E-state index in [9.17, 15) is 4.79 Å². The Hall–Kier alpha value is -1.81. The number of hydrogen-bond donors (Lipinski definition) is 2. The molecule has 0 radical (unpaired) electrons. The minimum atomic E-state index is -0.278. The van der Waals surface area contributed by atoms with E-state index in [-0.39, 0.29) is 18.4 Å². The molecule has 0 aromatic heterocycles. The van der Waals surface area contributed by atoms with Gasteiger partial charge in [0, 0.05) is 18.8 Å². The molecule has 3 N–H and O–H groups in total. The van der Waals surface area contributed by atoms with E-state index < -0.39 is 0 Å². The number of anilines is 1. The quantitative estimate of drug-likeness (QED) is 0.590. The van der Waals surface area contributed by atoms with Gasteiger partial charge in [-0.15, -0.1) is 6.58 Å². The molecule has 1 aromatic rings. The van der Waals surface area contributed by atoms with Gasteiger partial charge in [0.1, 0.15) is 0 Å². The van der Waals surface area contributed by atoms with Gasteiger partial charge in [-0.1, -0.05) is 18.2 Å². The van der Waals surface area contributed by atoms with Crippen LogP contribution in [0.2, 0.25) is 0 Å². The fraction of sp³-hybridized carbons (Fsp3) is 0.357. The van der Waals surface area contributed by atoms with Gasteiger partial charge in [-0.3, -0.25) is 4.79 Å². The third kappa shape index (κ3) is 3.60. The lowest BCUT2D eigenvalue weighted by Gasteiger charge is -2.24. The average molecular weight is 248 g/mol. The Morgan fingerprint density at radius 2 is 2.33 bits per heavy atom. The number of amides is 1. The highest BCUT2D eigenvalue weighted by Gasteiger charge is 2.20. The number of aliphatic hydroxyl groups is 1. The summed E-state index contributed by atoms with van der Waals surface area (Å²) in [5, 5.41) is 8.96. The van der Waals surface area contributed by atoms with Crippen LogP contribution in [0.5, 0.6) is 0 Å². The van der Waals surface area contributed by atoms with Crippen molar-refractivity contribution in [2.24, 2.45) is 0 Å². The molecule has 1 atom stereocenters. The van der Waals surface area contributed by atoms with Gasteiger partial charge < -0.3 is 15.7 Å². The second-order valence-corrected chi connectivity index (χ2v) is 4.19. The molecule has 4 heteroatoms. The van der Waals surface area contributed by atoms with E-state index in [2.05, 4.69) is 6.58 Å². The van der Waals surface area contributed by atoms with Crippen LogP contribution in [0.25, 0.3) is 0 Å². The van der Waals surface area contributed by atoms with E-state index in [1.807, 2.05) is 19.1 Å². The minimum absolute atomic E-state index is 0.0328. The minimum Gasteiger partial charge on any atom is -0.399 e. The molecule has 1 rings (SSSR count). The van der Waals surface area contributed by atoms with Gasteiger partial charge in [0.25, 0.3) is 0 Å². The Morgan fingerprint density at radius 1 is 1.61 bits per heavy atom. The molecule has 0 aliphatic rings. The molecule has 0 fully saturated rings. The first kappa shape index (κ1) is 14.3. The summed E-state index contributed by atoms with van der Waals surface area (Å²) in [6.07, 6.45) is 1.65. The standard InChI is InChI=1S/C14H20N2O2/c1-3-7-16(8-9-17)14(18)11(2)12-5-4-6-13(15)10-12/h3-6,10-11,17H,1,7-9,15H2,2H3. The first-order valence-electron chi connectivity index (χ1n) is 5.96. The van der Waals surface area contributed by atoms with Crippen molar-refractivity contribution in [2.75, 3.05) is 25.4 Å². The Kier molecular flexibility index (Phi) is 5.39. The summed E-state index contributed by atoms with van der Waals surface area (Å²) in [5.74, 6) is -0.311. The Morgan fingerprint density at radius 3 is 2.89 bits per heavy atom. The molecule has 1 unspecified atom stereocenters. The van der Waals surface area contributed by atoms with Crippen LogP contribution < -0.4 is 5.73 Å². The maximum atomic E-state index is 12.3. The molecule has 0 saturated heterocycles. The number of hydrogen-bond acceptors (Lipinski definition) is 3. The first-order chi connectivity index (χ1) is 8.60. The highest BCUT2D eigenvalue weighted by Crippen LogP contribution is 2.20. The maximum absolute atomic E-state index is 12.3. The number of aliphatic hydroxyl groups excluding tert-OH is 1. The topological polar surface area (TPSA) is 66.6 Å². The molecule has 0 saturated carbocycles. The molecule has 1 amide bonds. The van der Waals surface area contributed by atoms with E-state index >= 15 is 0 Å². The number of nitrogens with zero attached hydrogens (tertiary/aromatic N) is 1. The lowest BCUT2D eigenvalue weighted by Crippen LogP contribution is -2.36. The van der Waals surface area contributed by atoms with Crippen LogP contribution in [-0.2, 0) is 4.79 Å². The molecule has 0 bridgehead atoms. The van der Waals surface area contributed by atoms with Crippen molar-refractivity contribution in [3.8, 4) is 0 Å². The highest BCUT2D eigenvalue weighted by atomic mass is 16.3. The van der Waals surface area contributed by atoms with Crippen molar-refractivity contribution in [2.45, 2.75) is 12.8 Å². The van der Waals surface area contributed by atoms with Gasteiger partial charge in [-0.05, 0) is 24.6 Å². The lowest BCUT2D eigenvalue weighted by molar-refractivity contribution is -0.132. The van der Waals surface area contributed by atoms with Crippen LogP contribution in [0, 0.1) is 0 Å². The Balaban J connectivity index is 2.84. The average Bonchev–Trinajstić information content (AvgIpc) is 2.37. The number of rotatable bonds is 6. The van der Waals surface area contributed by atoms with Crippen LogP contribution in [0.3, 0.4) is 0 Å². The zero-order chi connectivity index (χ0) is 13.5. The fourth-order valence-electron chi connectivity index (χ4n) is 1.81. The normalized spacial score (nSPS) is 11.9. The lowest BCUT2D eigenvalue weighted by atomic mass is 9.99. The Bertz CT molecular complexity index is 418. The molecular weight excluding hydrogens is 228 g/mol. The summed E-state index contributed by atoms with van der Waals surface area (Å²) in [7, 11) is 0. The number of carbonyl (C=O) groups is 1. The predicted molar refractivity (Wildman–Crippen MR) is 73.1 cm³/mol. The van der Waals surface area contributed by atoms with Crippen LogP contribution in [0.15, 0.2) is 36.9 Å². The Labute approximate surface area is 108 Å². The van der Waals surface area contributed by atoms with Crippen molar-refractivity contribution in [1.82, 2.24) is 4.90 Å². The number of nitrogen functional groups attached to an aromatic ring is 1. The van der Waals surface area contributed by atoms with Crippen molar-refractivity contribution >= 4 is 11.6 Å². The van der Waals surface area contributed by atoms with Gasteiger partial charge in [0.05, 0.1) is 12.5 Å². The van der Waals surface area contributed by atoms with Crippen LogP contribution in [0.4, 0.5) is 5.69 Å². The molecule has 0 aliphatic heterocycles. The summed E-state index contributed by atoms with van der Waals surface area (Å²) in [4.78, 5) is 13.8. The van der Waals surface area contributed by atoms with Gasteiger partial charge in [-0.2, -0.15) is 0 Å².